The number of aryl methyl sites for hydroxylation is 2. The third-order valence-electron chi connectivity index (χ3n) is 5.92. The molecule has 3 aliphatic rings. The van der Waals surface area contributed by atoms with Crippen molar-refractivity contribution >= 4 is 0 Å². The zero-order valence-corrected chi connectivity index (χ0v) is 14.4. The van der Waals surface area contributed by atoms with Gasteiger partial charge in [0.2, 0.25) is 0 Å². The molecule has 0 radical (unpaired) electrons. The van der Waals surface area contributed by atoms with Gasteiger partial charge in [0, 0.05) is 45.3 Å². The molecule has 0 aromatic carbocycles. The quantitative estimate of drug-likeness (QED) is 0.838. The highest BCUT2D eigenvalue weighted by molar-refractivity contribution is 5.22. The van der Waals surface area contributed by atoms with E-state index in [2.05, 4.69) is 14.9 Å². The molecule has 1 N–H and O–H groups in total. The van der Waals surface area contributed by atoms with E-state index in [0.717, 1.165) is 82.6 Å². The number of hydrogen-bond donors (Lipinski definition) is 1. The zero-order valence-electron chi connectivity index (χ0n) is 14.4. The van der Waals surface area contributed by atoms with Crippen LogP contribution in [0.15, 0.2) is 10.9 Å². The molecule has 2 heterocycles. The van der Waals surface area contributed by atoms with Crippen LogP contribution >= 0.6 is 0 Å². The third-order valence-corrected chi connectivity index (χ3v) is 5.92. The number of nitrogens with zero attached hydrogens (tertiary/aromatic N) is 4. The van der Waals surface area contributed by atoms with Gasteiger partial charge >= 0.3 is 0 Å². The lowest BCUT2D eigenvalue weighted by molar-refractivity contribution is -0.0656. The van der Waals surface area contributed by atoms with E-state index in [9.17, 15) is 9.90 Å². The van der Waals surface area contributed by atoms with Gasteiger partial charge in [0.15, 0.2) is 0 Å². The lowest BCUT2D eigenvalue weighted by Crippen LogP contribution is -2.54. The average molecular weight is 332 g/mol. The molecule has 2 aliphatic carbocycles. The largest absolute Gasteiger partial charge is 0.389 e. The summed E-state index contributed by atoms with van der Waals surface area (Å²) in [4.78, 5) is 16.9. The minimum Gasteiger partial charge on any atom is -0.389 e. The van der Waals surface area contributed by atoms with Crippen molar-refractivity contribution in [1.29, 1.82) is 0 Å². The summed E-state index contributed by atoms with van der Waals surface area (Å²) < 4.78 is 1.65. The van der Waals surface area contributed by atoms with Crippen LogP contribution < -0.4 is 5.56 Å². The highest BCUT2D eigenvalue weighted by atomic mass is 16.3. The van der Waals surface area contributed by atoms with Gasteiger partial charge in [-0.3, -0.25) is 14.6 Å². The summed E-state index contributed by atoms with van der Waals surface area (Å²) in [6, 6.07) is 1.78. The lowest BCUT2D eigenvalue weighted by Gasteiger charge is -2.43. The van der Waals surface area contributed by atoms with Gasteiger partial charge in [0.1, 0.15) is 0 Å². The van der Waals surface area contributed by atoms with Crippen molar-refractivity contribution in [3.8, 4) is 0 Å². The Labute approximate surface area is 143 Å². The number of β-amino-alcohol motifs (C(OH)–C–C–N with tert-alkyl or cyclic N) is 1. The summed E-state index contributed by atoms with van der Waals surface area (Å²) >= 11 is 0. The van der Waals surface area contributed by atoms with Crippen molar-refractivity contribution in [2.45, 2.75) is 50.7 Å². The third kappa shape index (κ3) is 3.41. The first-order valence-corrected chi connectivity index (χ1v) is 9.38. The van der Waals surface area contributed by atoms with Crippen LogP contribution in [-0.4, -0.2) is 69.6 Å². The summed E-state index contributed by atoms with van der Waals surface area (Å²) in [5.74, 6) is 0. The highest BCUT2D eigenvalue weighted by Gasteiger charge is 2.36. The van der Waals surface area contributed by atoms with E-state index in [1.165, 1.54) is 6.42 Å². The molecule has 6 heteroatoms. The number of hydrogen-bond acceptors (Lipinski definition) is 5. The number of aromatic nitrogens is 2. The van der Waals surface area contributed by atoms with Crippen molar-refractivity contribution in [1.82, 2.24) is 19.6 Å². The number of rotatable bonds is 5. The molecular formula is C18H28N4O2. The van der Waals surface area contributed by atoms with Crippen LogP contribution in [0.1, 0.15) is 36.9 Å². The molecular weight excluding hydrogens is 304 g/mol. The van der Waals surface area contributed by atoms with Crippen molar-refractivity contribution in [3.63, 3.8) is 0 Å². The predicted octanol–water partition coefficient (Wildman–Crippen LogP) is 0.265. The minimum atomic E-state index is -0.413. The van der Waals surface area contributed by atoms with Crippen LogP contribution in [0.5, 0.6) is 0 Å². The molecule has 0 bridgehead atoms. The van der Waals surface area contributed by atoms with E-state index in [4.69, 9.17) is 0 Å². The molecule has 1 saturated carbocycles. The normalized spacial score (nSPS) is 23.9. The van der Waals surface area contributed by atoms with E-state index in [0.29, 0.717) is 6.54 Å². The molecule has 24 heavy (non-hydrogen) atoms. The molecule has 132 valence electrons. The smallest absolute Gasteiger partial charge is 0.267 e. The summed E-state index contributed by atoms with van der Waals surface area (Å²) in [5, 5.41) is 14.8. The Kier molecular flexibility index (Phi) is 4.45. The second kappa shape index (κ2) is 6.58. The molecule has 1 aromatic heterocycles. The molecule has 1 saturated heterocycles. The van der Waals surface area contributed by atoms with Crippen LogP contribution in [-0.2, 0) is 19.4 Å². The van der Waals surface area contributed by atoms with Gasteiger partial charge in [-0.25, -0.2) is 4.68 Å². The summed E-state index contributed by atoms with van der Waals surface area (Å²) in [6.45, 7) is 6.42. The number of piperazine rings is 1. The second-order valence-corrected chi connectivity index (χ2v) is 7.73. The van der Waals surface area contributed by atoms with Crippen LogP contribution in [0.2, 0.25) is 0 Å². The molecule has 6 nitrogen and oxygen atoms in total. The Balaban J connectivity index is 1.26. The first-order chi connectivity index (χ1) is 11.6. The highest BCUT2D eigenvalue weighted by Crippen LogP contribution is 2.32. The second-order valence-electron chi connectivity index (χ2n) is 7.73. The van der Waals surface area contributed by atoms with Crippen molar-refractivity contribution in [2.75, 3.05) is 39.3 Å². The van der Waals surface area contributed by atoms with Crippen LogP contribution in [0.3, 0.4) is 0 Å². The molecule has 1 aromatic rings. The Morgan fingerprint density at radius 3 is 2.50 bits per heavy atom. The van der Waals surface area contributed by atoms with Crippen LogP contribution in [0.4, 0.5) is 0 Å². The van der Waals surface area contributed by atoms with E-state index in [-0.39, 0.29) is 5.56 Å². The van der Waals surface area contributed by atoms with Gasteiger partial charge in [-0.15, -0.1) is 0 Å². The fourth-order valence-electron chi connectivity index (χ4n) is 4.17. The van der Waals surface area contributed by atoms with Gasteiger partial charge < -0.3 is 5.11 Å². The standard InChI is InChI=1S/C18H28N4O2/c23-17-13-15-3-1-4-16(15)19-22(17)12-11-20-7-9-21(10-8-20)14-18(24)5-2-6-18/h13,24H,1-12,14H2. The molecule has 0 spiro atoms. The molecule has 0 atom stereocenters. The monoisotopic (exact) mass is 332 g/mol. The van der Waals surface area contributed by atoms with Gasteiger partial charge in [-0.1, -0.05) is 0 Å². The van der Waals surface area contributed by atoms with Gasteiger partial charge in [-0.05, 0) is 44.1 Å². The van der Waals surface area contributed by atoms with Crippen LogP contribution in [0.25, 0.3) is 0 Å². The fraction of sp³-hybridized carbons (Fsp3) is 0.778. The Bertz CT molecular complexity index is 645. The SMILES string of the molecule is O=c1cc2c(nn1CCN1CCN(CC3(O)CCC3)CC1)CCC2. The maximum atomic E-state index is 12.1. The zero-order chi connectivity index (χ0) is 16.6. The van der Waals surface area contributed by atoms with E-state index in [1.54, 1.807) is 10.7 Å². The number of aliphatic hydroxyl groups is 1. The molecule has 0 amide bonds. The Morgan fingerprint density at radius 2 is 1.79 bits per heavy atom. The summed E-state index contributed by atoms with van der Waals surface area (Å²) in [6.07, 6.45) is 6.23. The topological polar surface area (TPSA) is 61.6 Å². The molecule has 4 rings (SSSR count). The summed E-state index contributed by atoms with van der Waals surface area (Å²) in [7, 11) is 0. The molecule has 2 fully saturated rings. The van der Waals surface area contributed by atoms with E-state index < -0.39 is 5.60 Å². The van der Waals surface area contributed by atoms with Crippen molar-refractivity contribution < 1.29 is 5.11 Å². The molecule has 0 unspecified atom stereocenters. The van der Waals surface area contributed by atoms with Gasteiger partial charge in [0.05, 0.1) is 17.8 Å². The lowest BCUT2D eigenvalue weighted by atomic mass is 9.80. The maximum absolute atomic E-state index is 12.1. The van der Waals surface area contributed by atoms with Crippen LogP contribution in [0, 0.1) is 0 Å². The molecule has 1 aliphatic heterocycles. The Morgan fingerprint density at radius 1 is 1.04 bits per heavy atom. The van der Waals surface area contributed by atoms with E-state index in [1.807, 2.05) is 0 Å². The predicted molar refractivity (Wildman–Crippen MR) is 92.2 cm³/mol. The van der Waals surface area contributed by atoms with Crippen molar-refractivity contribution in [2.24, 2.45) is 0 Å². The van der Waals surface area contributed by atoms with Gasteiger partial charge in [0.25, 0.3) is 5.56 Å². The average Bonchev–Trinajstić information content (AvgIpc) is 2.99. The van der Waals surface area contributed by atoms with Crippen molar-refractivity contribution in [3.05, 3.63) is 27.7 Å². The number of fused-ring (bicyclic) bond motifs is 1. The van der Waals surface area contributed by atoms with E-state index >= 15 is 0 Å². The maximum Gasteiger partial charge on any atom is 0.267 e. The first kappa shape index (κ1) is 16.2. The Hall–Kier alpha value is -1.24. The van der Waals surface area contributed by atoms with Gasteiger partial charge in [-0.2, -0.15) is 5.10 Å². The summed E-state index contributed by atoms with van der Waals surface area (Å²) in [5.41, 5.74) is 1.90. The first-order valence-electron chi connectivity index (χ1n) is 9.38. The minimum absolute atomic E-state index is 0.0430. The fourth-order valence-corrected chi connectivity index (χ4v) is 4.17.